The molecule has 1 aliphatic heterocycles. The van der Waals surface area contributed by atoms with Gasteiger partial charge in [-0.1, -0.05) is 48.5 Å². The van der Waals surface area contributed by atoms with E-state index in [-0.39, 0.29) is 0 Å². The number of primary amides is 1. The first-order valence-corrected chi connectivity index (χ1v) is 8.77. The molecule has 1 atom stereocenters. The molecule has 6 nitrogen and oxygen atoms in total. The van der Waals surface area contributed by atoms with Gasteiger partial charge >= 0.3 is 7.12 Å². The lowest BCUT2D eigenvalue weighted by Crippen LogP contribution is -2.42. The number of hydrogen-bond donors (Lipinski definition) is 3. The molecule has 28 heavy (non-hydrogen) atoms. The predicted molar refractivity (Wildman–Crippen MR) is 104 cm³/mol. The number of benzene rings is 3. The van der Waals surface area contributed by atoms with Crippen molar-refractivity contribution in [2.24, 2.45) is 5.73 Å². The molecule has 1 aliphatic rings. The molecule has 0 fully saturated rings. The number of fused-ring (bicyclic) bond motifs is 1. The van der Waals surface area contributed by atoms with E-state index in [0.29, 0.717) is 29.2 Å². The lowest BCUT2D eigenvalue weighted by atomic mass is 9.80. The molecule has 7 heteroatoms. The number of aliphatic hydroxyl groups is 1. The third-order valence-corrected chi connectivity index (χ3v) is 4.83. The van der Waals surface area contributed by atoms with Crippen molar-refractivity contribution in [2.75, 3.05) is 0 Å². The van der Waals surface area contributed by atoms with Gasteiger partial charge < -0.3 is 25.3 Å². The molecule has 4 N–H and O–H groups in total. The van der Waals surface area contributed by atoms with Crippen LogP contribution >= 0.6 is 0 Å². The quantitative estimate of drug-likeness (QED) is 0.586. The monoisotopic (exact) mass is 375 g/mol. The number of hydrogen-bond acceptors (Lipinski definition) is 5. The lowest BCUT2D eigenvalue weighted by Gasteiger charge is -2.25. The van der Waals surface area contributed by atoms with Gasteiger partial charge in [-0.3, -0.25) is 4.79 Å². The summed E-state index contributed by atoms with van der Waals surface area (Å²) in [5, 5.41) is 20.7. The van der Waals surface area contributed by atoms with Gasteiger partial charge in [-0.2, -0.15) is 0 Å². The molecular formula is C21H18BNO5. The van der Waals surface area contributed by atoms with E-state index in [9.17, 15) is 14.9 Å². The van der Waals surface area contributed by atoms with Gasteiger partial charge in [0.05, 0.1) is 6.61 Å². The second-order valence-corrected chi connectivity index (χ2v) is 6.59. The molecule has 4 rings (SSSR count). The Labute approximate surface area is 162 Å². The second-order valence-electron chi connectivity index (χ2n) is 6.59. The summed E-state index contributed by atoms with van der Waals surface area (Å²) in [4.78, 5) is 12.0. The van der Waals surface area contributed by atoms with E-state index < -0.39 is 18.6 Å². The van der Waals surface area contributed by atoms with E-state index in [0.717, 1.165) is 11.0 Å². The third kappa shape index (κ3) is 3.16. The van der Waals surface area contributed by atoms with Crippen LogP contribution in [0.1, 0.15) is 16.7 Å². The van der Waals surface area contributed by atoms with Gasteiger partial charge in [0.2, 0.25) is 0 Å². The van der Waals surface area contributed by atoms with Crippen molar-refractivity contribution >= 4 is 18.5 Å². The number of rotatable bonds is 5. The molecular weight excluding hydrogens is 357 g/mol. The molecule has 0 saturated carbocycles. The highest BCUT2D eigenvalue weighted by Crippen LogP contribution is 2.32. The van der Waals surface area contributed by atoms with Crippen LogP contribution in [0.2, 0.25) is 0 Å². The molecule has 1 unspecified atom stereocenters. The molecule has 0 saturated heterocycles. The first kappa shape index (κ1) is 18.2. The van der Waals surface area contributed by atoms with Gasteiger partial charge in [0.25, 0.3) is 5.91 Å². The van der Waals surface area contributed by atoms with Gasteiger partial charge in [0, 0.05) is 0 Å². The lowest BCUT2D eigenvalue weighted by molar-refractivity contribution is -0.133. The first-order valence-electron chi connectivity index (χ1n) is 8.77. The zero-order chi connectivity index (χ0) is 19.7. The van der Waals surface area contributed by atoms with Crippen molar-refractivity contribution in [2.45, 2.75) is 12.2 Å². The van der Waals surface area contributed by atoms with Crippen molar-refractivity contribution in [3.63, 3.8) is 0 Å². The minimum atomic E-state index is -1.93. The molecule has 0 radical (unpaired) electrons. The summed E-state index contributed by atoms with van der Waals surface area (Å²) >= 11 is 0. The molecule has 0 spiro atoms. The van der Waals surface area contributed by atoms with Crippen LogP contribution in [0.4, 0.5) is 0 Å². The molecule has 0 aromatic heterocycles. The van der Waals surface area contributed by atoms with Crippen LogP contribution in [0.3, 0.4) is 0 Å². The zero-order valence-electron chi connectivity index (χ0n) is 14.9. The van der Waals surface area contributed by atoms with Crippen molar-refractivity contribution in [3.8, 4) is 11.5 Å². The Morgan fingerprint density at radius 3 is 2.32 bits per heavy atom. The van der Waals surface area contributed by atoms with E-state index in [2.05, 4.69) is 0 Å². The molecule has 3 aromatic carbocycles. The second kappa shape index (κ2) is 7.12. The van der Waals surface area contributed by atoms with Crippen LogP contribution in [0.25, 0.3) is 0 Å². The van der Waals surface area contributed by atoms with Gasteiger partial charge in [0.15, 0.2) is 5.60 Å². The van der Waals surface area contributed by atoms with Crippen molar-refractivity contribution in [1.29, 1.82) is 0 Å². The highest BCUT2D eigenvalue weighted by molar-refractivity contribution is 6.61. The number of ether oxygens (including phenoxy) is 1. The zero-order valence-corrected chi connectivity index (χ0v) is 14.9. The SMILES string of the molecule is NC(=O)C(O)(c1ccccc1)c1ccc(Oc2ccc3c(c2)COB3O)cc1. The number of carbonyl (C=O) groups excluding carboxylic acids is 1. The molecule has 0 bridgehead atoms. The third-order valence-electron chi connectivity index (χ3n) is 4.83. The van der Waals surface area contributed by atoms with Gasteiger partial charge in [-0.25, -0.2) is 0 Å². The van der Waals surface area contributed by atoms with E-state index in [1.165, 1.54) is 0 Å². The summed E-state index contributed by atoms with van der Waals surface area (Å²) in [6, 6.07) is 20.4. The predicted octanol–water partition coefficient (Wildman–Crippen LogP) is 1.42. The Morgan fingerprint density at radius 2 is 1.64 bits per heavy atom. The number of carbonyl (C=O) groups is 1. The van der Waals surface area contributed by atoms with Crippen molar-refractivity contribution < 1.29 is 24.3 Å². The molecule has 0 aliphatic carbocycles. The Hall–Kier alpha value is -3.13. The van der Waals surface area contributed by atoms with Crippen LogP contribution in [-0.2, 0) is 21.7 Å². The summed E-state index contributed by atoms with van der Waals surface area (Å²) in [5.41, 5.74) is 5.93. The van der Waals surface area contributed by atoms with Crippen LogP contribution < -0.4 is 15.9 Å². The maximum absolute atomic E-state index is 12.0. The number of nitrogens with two attached hydrogens (primary N) is 1. The molecule has 140 valence electrons. The summed E-state index contributed by atoms with van der Waals surface area (Å²) in [6.07, 6.45) is 0. The summed E-state index contributed by atoms with van der Waals surface area (Å²) < 4.78 is 11.0. The smallest absolute Gasteiger partial charge is 0.457 e. The van der Waals surface area contributed by atoms with E-state index >= 15 is 0 Å². The average Bonchev–Trinajstić information content (AvgIpc) is 3.08. The topological polar surface area (TPSA) is 102 Å². The standard InChI is InChI=1S/C21H18BNO5/c23-20(24)21(25,15-4-2-1-3-5-15)16-6-8-17(9-7-16)28-18-10-11-19-14(12-18)13-27-22(19)26/h1-12,25-26H,13H2,(H2,23,24). The van der Waals surface area contributed by atoms with Crippen LogP contribution in [0, 0.1) is 0 Å². The van der Waals surface area contributed by atoms with Crippen LogP contribution in [-0.4, -0.2) is 23.2 Å². The van der Waals surface area contributed by atoms with E-state index in [4.69, 9.17) is 15.1 Å². The largest absolute Gasteiger partial charge is 0.491 e. The van der Waals surface area contributed by atoms with Crippen molar-refractivity contribution in [1.82, 2.24) is 0 Å². The Bertz CT molecular complexity index is 1010. The fourth-order valence-electron chi connectivity index (χ4n) is 3.30. The highest BCUT2D eigenvalue weighted by atomic mass is 16.5. The van der Waals surface area contributed by atoms with Gasteiger partial charge in [0.1, 0.15) is 11.5 Å². The molecule has 1 amide bonds. The number of amides is 1. The maximum atomic E-state index is 12.0. The summed E-state index contributed by atoms with van der Waals surface area (Å²) in [6.45, 7) is 0.329. The van der Waals surface area contributed by atoms with Gasteiger partial charge in [-0.15, -0.1) is 0 Å². The van der Waals surface area contributed by atoms with E-state index in [1.807, 2.05) is 6.07 Å². The Balaban J connectivity index is 1.59. The average molecular weight is 375 g/mol. The fourth-order valence-corrected chi connectivity index (χ4v) is 3.30. The van der Waals surface area contributed by atoms with Crippen molar-refractivity contribution in [3.05, 3.63) is 89.5 Å². The normalized spacial score (nSPS) is 15.0. The minimum absolute atomic E-state index is 0.329. The van der Waals surface area contributed by atoms with Crippen LogP contribution in [0.5, 0.6) is 11.5 Å². The molecule has 3 aromatic rings. The Morgan fingerprint density at radius 1 is 1.00 bits per heavy atom. The summed E-state index contributed by atoms with van der Waals surface area (Å²) in [7, 11) is -0.896. The maximum Gasteiger partial charge on any atom is 0.491 e. The van der Waals surface area contributed by atoms with E-state index in [1.54, 1.807) is 66.7 Å². The summed E-state index contributed by atoms with van der Waals surface area (Å²) in [5.74, 6) is 0.269. The minimum Gasteiger partial charge on any atom is -0.457 e. The molecule has 1 heterocycles. The fraction of sp³-hybridized carbons (Fsp3) is 0.0952. The first-order chi connectivity index (χ1) is 13.5. The van der Waals surface area contributed by atoms with Gasteiger partial charge in [-0.05, 0) is 46.4 Å². The van der Waals surface area contributed by atoms with Crippen LogP contribution in [0.15, 0.2) is 72.8 Å². The Kier molecular flexibility index (Phi) is 4.64. The highest BCUT2D eigenvalue weighted by Gasteiger charge is 2.38.